The van der Waals surface area contributed by atoms with Crippen molar-refractivity contribution in [3.8, 4) is 0 Å². The van der Waals surface area contributed by atoms with E-state index in [0.717, 1.165) is 25.5 Å². The van der Waals surface area contributed by atoms with Gasteiger partial charge in [-0.05, 0) is 20.3 Å². The molecule has 0 saturated heterocycles. The van der Waals surface area contributed by atoms with Crippen molar-refractivity contribution >= 4 is 11.9 Å². The zero-order valence-electron chi connectivity index (χ0n) is 10.8. The van der Waals surface area contributed by atoms with Crippen molar-refractivity contribution in [2.75, 3.05) is 33.7 Å². The van der Waals surface area contributed by atoms with Crippen LogP contribution in [0, 0.1) is 0 Å². The third kappa shape index (κ3) is 7.09. The van der Waals surface area contributed by atoms with Gasteiger partial charge in [0.2, 0.25) is 5.91 Å². The van der Waals surface area contributed by atoms with Gasteiger partial charge < -0.3 is 15.5 Å². The molecule has 0 fully saturated rings. The van der Waals surface area contributed by atoms with Crippen molar-refractivity contribution in [2.24, 2.45) is 4.99 Å². The van der Waals surface area contributed by atoms with E-state index in [1.807, 2.05) is 13.8 Å². The molecule has 2 N–H and O–H groups in total. The monoisotopic (exact) mass is 228 g/mol. The Morgan fingerprint density at radius 2 is 1.75 bits per heavy atom. The Kier molecular flexibility index (Phi) is 8.29. The van der Waals surface area contributed by atoms with Gasteiger partial charge in [0.15, 0.2) is 5.96 Å². The number of nitrogens with zero attached hydrogens (tertiary/aromatic N) is 2. The summed E-state index contributed by atoms with van der Waals surface area (Å²) < 4.78 is 0. The maximum Gasteiger partial charge on any atom is 0.222 e. The van der Waals surface area contributed by atoms with Gasteiger partial charge in [0.05, 0.1) is 0 Å². The molecule has 0 aromatic rings. The van der Waals surface area contributed by atoms with Gasteiger partial charge in [-0.15, -0.1) is 0 Å². The molecule has 0 spiro atoms. The average Bonchev–Trinajstić information content (AvgIpc) is 2.24. The van der Waals surface area contributed by atoms with Crippen LogP contribution in [-0.2, 0) is 4.79 Å². The third-order valence-corrected chi connectivity index (χ3v) is 2.01. The number of hydrogen-bond donors (Lipinski definition) is 2. The van der Waals surface area contributed by atoms with E-state index >= 15 is 0 Å². The summed E-state index contributed by atoms with van der Waals surface area (Å²) in [5.41, 5.74) is 0. The molecule has 0 bridgehead atoms. The molecular formula is C11H24N4O. The van der Waals surface area contributed by atoms with Crippen LogP contribution in [0.1, 0.15) is 26.7 Å². The summed E-state index contributed by atoms with van der Waals surface area (Å²) in [5, 5.41) is 6.28. The SMILES string of the molecule is CCNC(=NCCCC(=O)N(C)C)NCC. The van der Waals surface area contributed by atoms with Crippen LogP contribution in [0.2, 0.25) is 0 Å². The predicted octanol–water partition coefficient (Wildman–Crippen LogP) is 0.430. The number of hydrogen-bond acceptors (Lipinski definition) is 2. The minimum atomic E-state index is 0.156. The first-order chi connectivity index (χ1) is 7.61. The van der Waals surface area contributed by atoms with Crippen LogP contribution in [0.25, 0.3) is 0 Å². The number of amides is 1. The molecule has 0 aliphatic rings. The van der Waals surface area contributed by atoms with E-state index in [4.69, 9.17) is 0 Å². The summed E-state index contributed by atoms with van der Waals surface area (Å²) in [4.78, 5) is 17.3. The first-order valence-electron chi connectivity index (χ1n) is 5.84. The zero-order valence-corrected chi connectivity index (χ0v) is 10.8. The lowest BCUT2D eigenvalue weighted by Gasteiger charge is -2.10. The summed E-state index contributed by atoms with van der Waals surface area (Å²) >= 11 is 0. The van der Waals surface area contributed by atoms with E-state index in [1.54, 1.807) is 19.0 Å². The molecule has 0 rings (SSSR count). The summed E-state index contributed by atoms with van der Waals surface area (Å²) in [6, 6.07) is 0. The van der Waals surface area contributed by atoms with Crippen LogP contribution in [-0.4, -0.2) is 50.5 Å². The number of rotatable bonds is 6. The lowest BCUT2D eigenvalue weighted by Crippen LogP contribution is -2.37. The molecule has 0 heterocycles. The quantitative estimate of drug-likeness (QED) is 0.394. The number of nitrogens with one attached hydrogen (secondary N) is 2. The second kappa shape index (κ2) is 9.00. The molecule has 0 aromatic carbocycles. The van der Waals surface area contributed by atoms with Crippen molar-refractivity contribution in [3.05, 3.63) is 0 Å². The minimum absolute atomic E-state index is 0.156. The fraction of sp³-hybridized carbons (Fsp3) is 0.818. The molecule has 0 radical (unpaired) electrons. The molecule has 5 nitrogen and oxygen atoms in total. The van der Waals surface area contributed by atoms with Crippen LogP contribution in [0.4, 0.5) is 0 Å². The van der Waals surface area contributed by atoms with Crippen LogP contribution in [0.3, 0.4) is 0 Å². The van der Waals surface area contributed by atoms with E-state index in [1.165, 1.54) is 0 Å². The molecule has 0 aromatic heterocycles. The molecule has 1 amide bonds. The van der Waals surface area contributed by atoms with E-state index in [0.29, 0.717) is 13.0 Å². The van der Waals surface area contributed by atoms with E-state index in [-0.39, 0.29) is 5.91 Å². The zero-order chi connectivity index (χ0) is 12.4. The minimum Gasteiger partial charge on any atom is -0.357 e. The standard InChI is InChI=1S/C11H24N4O/c1-5-12-11(13-6-2)14-9-7-8-10(16)15(3)4/h5-9H2,1-4H3,(H2,12,13,14). The summed E-state index contributed by atoms with van der Waals surface area (Å²) in [6.45, 7) is 6.44. The van der Waals surface area contributed by atoms with E-state index in [9.17, 15) is 4.79 Å². The molecule has 0 saturated carbocycles. The number of aliphatic imine (C=N–C) groups is 1. The van der Waals surface area contributed by atoms with Crippen molar-refractivity contribution < 1.29 is 4.79 Å². The summed E-state index contributed by atoms with van der Waals surface area (Å²) in [6.07, 6.45) is 1.35. The highest BCUT2D eigenvalue weighted by Crippen LogP contribution is 1.93. The maximum atomic E-state index is 11.3. The number of carbonyl (C=O) groups excluding carboxylic acids is 1. The smallest absolute Gasteiger partial charge is 0.222 e. The highest BCUT2D eigenvalue weighted by atomic mass is 16.2. The Morgan fingerprint density at radius 1 is 1.19 bits per heavy atom. The second-order valence-corrected chi connectivity index (χ2v) is 3.68. The average molecular weight is 228 g/mol. The van der Waals surface area contributed by atoms with Crippen LogP contribution >= 0.6 is 0 Å². The Bertz CT molecular complexity index is 218. The van der Waals surface area contributed by atoms with Crippen LogP contribution < -0.4 is 10.6 Å². The molecule has 0 unspecified atom stereocenters. The summed E-state index contributed by atoms with van der Waals surface area (Å²) in [7, 11) is 3.54. The first-order valence-corrected chi connectivity index (χ1v) is 5.84. The molecule has 16 heavy (non-hydrogen) atoms. The van der Waals surface area contributed by atoms with Gasteiger partial charge in [-0.3, -0.25) is 9.79 Å². The number of guanidine groups is 1. The van der Waals surface area contributed by atoms with Crippen molar-refractivity contribution in [1.82, 2.24) is 15.5 Å². The van der Waals surface area contributed by atoms with Gasteiger partial charge in [-0.25, -0.2) is 0 Å². The van der Waals surface area contributed by atoms with Crippen molar-refractivity contribution in [3.63, 3.8) is 0 Å². The Labute approximate surface area is 98.3 Å². The van der Waals surface area contributed by atoms with Crippen LogP contribution in [0.5, 0.6) is 0 Å². The highest BCUT2D eigenvalue weighted by Gasteiger charge is 2.02. The molecule has 0 aliphatic heterocycles. The lowest BCUT2D eigenvalue weighted by atomic mass is 10.3. The summed E-state index contributed by atoms with van der Waals surface area (Å²) in [5.74, 6) is 0.978. The van der Waals surface area contributed by atoms with Gasteiger partial charge in [0.25, 0.3) is 0 Å². The Morgan fingerprint density at radius 3 is 2.19 bits per heavy atom. The fourth-order valence-electron chi connectivity index (χ4n) is 1.15. The van der Waals surface area contributed by atoms with Gasteiger partial charge in [-0.1, -0.05) is 0 Å². The molecule has 5 heteroatoms. The highest BCUT2D eigenvalue weighted by molar-refractivity contribution is 5.79. The molecule has 0 atom stereocenters. The Balaban J connectivity index is 3.81. The molecular weight excluding hydrogens is 204 g/mol. The topological polar surface area (TPSA) is 56.7 Å². The lowest BCUT2D eigenvalue weighted by molar-refractivity contribution is -0.128. The third-order valence-electron chi connectivity index (χ3n) is 2.01. The molecule has 0 aliphatic carbocycles. The maximum absolute atomic E-state index is 11.3. The van der Waals surface area contributed by atoms with E-state index < -0.39 is 0 Å². The largest absolute Gasteiger partial charge is 0.357 e. The fourth-order valence-corrected chi connectivity index (χ4v) is 1.15. The van der Waals surface area contributed by atoms with Crippen molar-refractivity contribution in [2.45, 2.75) is 26.7 Å². The molecule has 94 valence electrons. The van der Waals surface area contributed by atoms with E-state index in [2.05, 4.69) is 15.6 Å². The Hall–Kier alpha value is -1.26. The van der Waals surface area contributed by atoms with Crippen LogP contribution in [0.15, 0.2) is 4.99 Å². The van der Waals surface area contributed by atoms with Crippen molar-refractivity contribution in [1.29, 1.82) is 0 Å². The predicted molar refractivity (Wildman–Crippen MR) is 67.6 cm³/mol. The normalized spacial score (nSPS) is 9.50. The van der Waals surface area contributed by atoms with Gasteiger partial charge in [0, 0.05) is 40.2 Å². The second-order valence-electron chi connectivity index (χ2n) is 3.68. The van der Waals surface area contributed by atoms with Gasteiger partial charge in [-0.2, -0.15) is 0 Å². The van der Waals surface area contributed by atoms with Gasteiger partial charge in [0.1, 0.15) is 0 Å². The van der Waals surface area contributed by atoms with Gasteiger partial charge >= 0.3 is 0 Å². The number of carbonyl (C=O) groups is 1. The first kappa shape index (κ1) is 14.7.